The number of hydrogen-bond donors (Lipinski definition) is 1. The van der Waals surface area contributed by atoms with E-state index in [1.807, 2.05) is 23.9 Å². The van der Waals surface area contributed by atoms with E-state index >= 15 is 0 Å². The minimum atomic E-state index is 0.170. The summed E-state index contributed by atoms with van der Waals surface area (Å²) in [6.45, 7) is 0. The number of methoxy groups -OCH3 is 1. The third-order valence-corrected chi connectivity index (χ3v) is 4.35. The fourth-order valence-electron chi connectivity index (χ4n) is 1.93. The summed E-state index contributed by atoms with van der Waals surface area (Å²) in [5.74, 6) is 2.15. The van der Waals surface area contributed by atoms with Gasteiger partial charge in [0.25, 0.3) is 0 Å². The van der Waals surface area contributed by atoms with Gasteiger partial charge >= 0.3 is 0 Å². The maximum Gasteiger partial charge on any atom is 0.118 e. The van der Waals surface area contributed by atoms with Gasteiger partial charge in [0.05, 0.1) is 7.11 Å². The Hall–Kier alpha value is -0.670. The minimum absolute atomic E-state index is 0.170. The Bertz CT molecular complexity index is 306. The van der Waals surface area contributed by atoms with Gasteiger partial charge < -0.3 is 10.5 Å². The zero-order valence-corrected chi connectivity index (χ0v) is 9.80. The van der Waals surface area contributed by atoms with Crippen LogP contribution >= 0.6 is 11.8 Å². The lowest BCUT2D eigenvalue weighted by Gasteiger charge is -2.18. The molecular formula is C12H17NOS. The lowest BCUT2D eigenvalue weighted by Crippen LogP contribution is -2.21. The zero-order valence-electron chi connectivity index (χ0n) is 8.98. The van der Waals surface area contributed by atoms with E-state index in [0.29, 0.717) is 5.25 Å². The first kappa shape index (κ1) is 10.8. The first-order chi connectivity index (χ1) is 7.31. The van der Waals surface area contributed by atoms with E-state index in [1.54, 1.807) is 7.11 Å². The molecule has 3 heteroatoms. The molecule has 1 heterocycles. The standard InChI is InChI=1S/C12H17NOS/c1-14-10-6-4-9(5-7-10)12(13)11-3-2-8-15-11/h4-7,11-12H,2-3,8,13H2,1H3. The molecule has 82 valence electrons. The molecule has 0 amide bonds. The van der Waals surface area contributed by atoms with Crippen LogP contribution in [0.1, 0.15) is 24.4 Å². The highest BCUT2D eigenvalue weighted by molar-refractivity contribution is 8.00. The van der Waals surface area contributed by atoms with Crippen molar-refractivity contribution in [3.8, 4) is 5.75 Å². The van der Waals surface area contributed by atoms with E-state index in [4.69, 9.17) is 10.5 Å². The van der Waals surface area contributed by atoms with E-state index in [-0.39, 0.29) is 6.04 Å². The van der Waals surface area contributed by atoms with Gasteiger partial charge in [-0.15, -0.1) is 0 Å². The smallest absolute Gasteiger partial charge is 0.118 e. The lowest BCUT2D eigenvalue weighted by atomic mass is 10.0. The predicted octanol–water partition coefficient (Wildman–Crippen LogP) is 2.59. The van der Waals surface area contributed by atoms with Crippen LogP contribution in [0.2, 0.25) is 0 Å². The molecule has 15 heavy (non-hydrogen) atoms. The molecule has 2 N–H and O–H groups in total. The quantitative estimate of drug-likeness (QED) is 0.855. The van der Waals surface area contributed by atoms with Crippen LogP contribution in [0.25, 0.3) is 0 Å². The molecule has 0 saturated carbocycles. The molecule has 0 spiro atoms. The molecule has 0 aliphatic carbocycles. The van der Waals surface area contributed by atoms with Gasteiger partial charge in [0.15, 0.2) is 0 Å². The Labute approximate surface area is 95.2 Å². The van der Waals surface area contributed by atoms with Crippen molar-refractivity contribution < 1.29 is 4.74 Å². The molecule has 2 unspecified atom stereocenters. The number of rotatable bonds is 3. The molecule has 2 nitrogen and oxygen atoms in total. The normalized spacial score (nSPS) is 22.7. The van der Waals surface area contributed by atoms with E-state index in [1.165, 1.54) is 24.2 Å². The Morgan fingerprint density at radius 2 is 2.13 bits per heavy atom. The van der Waals surface area contributed by atoms with E-state index in [0.717, 1.165) is 5.75 Å². The van der Waals surface area contributed by atoms with Gasteiger partial charge in [0, 0.05) is 11.3 Å². The van der Waals surface area contributed by atoms with Crippen LogP contribution in [0.3, 0.4) is 0 Å². The largest absolute Gasteiger partial charge is 0.497 e. The first-order valence-corrected chi connectivity index (χ1v) is 6.37. The number of nitrogens with two attached hydrogens (primary N) is 1. The molecule has 1 aliphatic rings. The summed E-state index contributed by atoms with van der Waals surface area (Å²) in [6.07, 6.45) is 2.55. The third kappa shape index (κ3) is 2.47. The van der Waals surface area contributed by atoms with Gasteiger partial charge in [0.1, 0.15) is 5.75 Å². The second kappa shape index (κ2) is 4.90. The second-order valence-corrected chi connectivity index (χ2v) is 5.20. The van der Waals surface area contributed by atoms with E-state index < -0.39 is 0 Å². The SMILES string of the molecule is COc1ccc(C(N)C2CCCS2)cc1. The van der Waals surface area contributed by atoms with Crippen molar-refractivity contribution in [3.63, 3.8) is 0 Å². The Balaban J connectivity index is 2.07. The highest BCUT2D eigenvalue weighted by atomic mass is 32.2. The molecule has 0 bridgehead atoms. The molecule has 2 rings (SSSR count). The van der Waals surface area contributed by atoms with Crippen LogP contribution in [0.15, 0.2) is 24.3 Å². The van der Waals surface area contributed by atoms with Crippen LogP contribution < -0.4 is 10.5 Å². The average molecular weight is 223 g/mol. The number of hydrogen-bond acceptors (Lipinski definition) is 3. The highest BCUT2D eigenvalue weighted by Crippen LogP contribution is 2.34. The van der Waals surface area contributed by atoms with Crippen molar-refractivity contribution in [3.05, 3.63) is 29.8 Å². The van der Waals surface area contributed by atoms with Gasteiger partial charge in [0.2, 0.25) is 0 Å². The predicted molar refractivity (Wildman–Crippen MR) is 65.4 cm³/mol. The monoisotopic (exact) mass is 223 g/mol. The summed E-state index contributed by atoms with van der Waals surface area (Å²) in [5.41, 5.74) is 7.45. The van der Waals surface area contributed by atoms with Crippen molar-refractivity contribution in [2.45, 2.75) is 24.1 Å². The van der Waals surface area contributed by atoms with Crippen LogP contribution in [0, 0.1) is 0 Å². The van der Waals surface area contributed by atoms with Crippen molar-refractivity contribution in [1.29, 1.82) is 0 Å². The molecule has 1 aliphatic heterocycles. The Kier molecular flexibility index (Phi) is 3.54. The fraction of sp³-hybridized carbons (Fsp3) is 0.500. The number of thioether (sulfide) groups is 1. The van der Waals surface area contributed by atoms with Crippen LogP contribution in [0.5, 0.6) is 5.75 Å². The Morgan fingerprint density at radius 3 is 2.67 bits per heavy atom. The van der Waals surface area contributed by atoms with Crippen LogP contribution in [-0.4, -0.2) is 18.1 Å². The van der Waals surface area contributed by atoms with Crippen LogP contribution in [-0.2, 0) is 0 Å². The number of ether oxygens (including phenoxy) is 1. The van der Waals surface area contributed by atoms with Gasteiger partial charge in [-0.2, -0.15) is 11.8 Å². The average Bonchev–Trinajstić information content (AvgIpc) is 2.82. The van der Waals surface area contributed by atoms with Crippen LogP contribution in [0.4, 0.5) is 0 Å². The first-order valence-electron chi connectivity index (χ1n) is 5.32. The molecule has 1 aromatic rings. The van der Waals surface area contributed by atoms with Crippen molar-refractivity contribution in [2.75, 3.05) is 12.9 Å². The summed E-state index contributed by atoms with van der Waals surface area (Å²) < 4.78 is 5.13. The summed E-state index contributed by atoms with van der Waals surface area (Å²) in [5, 5.41) is 0.596. The molecule has 0 aromatic heterocycles. The molecule has 2 atom stereocenters. The van der Waals surface area contributed by atoms with Gasteiger partial charge in [-0.05, 0) is 36.3 Å². The fourth-order valence-corrected chi connectivity index (χ4v) is 3.26. The van der Waals surface area contributed by atoms with Crippen molar-refractivity contribution in [1.82, 2.24) is 0 Å². The summed E-state index contributed by atoms with van der Waals surface area (Å²) in [4.78, 5) is 0. The summed E-state index contributed by atoms with van der Waals surface area (Å²) in [7, 11) is 1.68. The molecule has 1 fully saturated rings. The Morgan fingerprint density at radius 1 is 1.40 bits per heavy atom. The van der Waals surface area contributed by atoms with Gasteiger partial charge in [-0.3, -0.25) is 0 Å². The third-order valence-electron chi connectivity index (χ3n) is 2.87. The van der Waals surface area contributed by atoms with E-state index in [9.17, 15) is 0 Å². The molecule has 1 aromatic carbocycles. The summed E-state index contributed by atoms with van der Waals surface area (Å²) >= 11 is 2.00. The minimum Gasteiger partial charge on any atom is -0.497 e. The highest BCUT2D eigenvalue weighted by Gasteiger charge is 2.23. The number of benzene rings is 1. The van der Waals surface area contributed by atoms with Crippen molar-refractivity contribution in [2.24, 2.45) is 5.73 Å². The van der Waals surface area contributed by atoms with E-state index in [2.05, 4.69) is 12.1 Å². The molecule has 1 saturated heterocycles. The zero-order chi connectivity index (χ0) is 10.7. The molecule has 0 radical (unpaired) electrons. The van der Waals surface area contributed by atoms with Gasteiger partial charge in [-0.1, -0.05) is 12.1 Å². The summed E-state index contributed by atoms with van der Waals surface area (Å²) in [6, 6.07) is 8.28. The topological polar surface area (TPSA) is 35.2 Å². The maximum atomic E-state index is 6.23. The maximum absolute atomic E-state index is 6.23. The second-order valence-electron chi connectivity index (χ2n) is 3.85. The van der Waals surface area contributed by atoms with Crippen molar-refractivity contribution >= 4 is 11.8 Å². The lowest BCUT2D eigenvalue weighted by molar-refractivity contribution is 0.414. The molecular weight excluding hydrogens is 206 g/mol. The van der Waals surface area contributed by atoms with Gasteiger partial charge in [-0.25, -0.2) is 0 Å².